The molecule has 154 valence electrons. The number of benzene rings is 1. The topological polar surface area (TPSA) is 61.8 Å². The van der Waals surface area contributed by atoms with Crippen molar-refractivity contribution in [1.82, 2.24) is 15.1 Å². The highest BCUT2D eigenvalue weighted by Gasteiger charge is 2.24. The van der Waals surface area contributed by atoms with Crippen LogP contribution in [0.15, 0.2) is 36.4 Å². The average molecular weight is 396 g/mol. The SMILES string of the molecule is COc1cccc(C(=O)N2CCN(c3ccc(N4CCC(C)CC4)nn3)CC2)c1. The molecular weight excluding hydrogens is 366 g/mol. The van der Waals surface area contributed by atoms with Crippen molar-refractivity contribution in [2.24, 2.45) is 5.92 Å². The van der Waals surface area contributed by atoms with Gasteiger partial charge in [-0.25, -0.2) is 0 Å². The maximum Gasteiger partial charge on any atom is 0.254 e. The highest BCUT2D eigenvalue weighted by atomic mass is 16.5. The van der Waals surface area contributed by atoms with Crippen molar-refractivity contribution in [2.75, 3.05) is 56.2 Å². The lowest BCUT2D eigenvalue weighted by Gasteiger charge is -2.35. The third-order valence-corrected chi connectivity index (χ3v) is 5.95. The van der Waals surface area contributed by atoms with E-state index < -0.39 is 0 Å². The van der Waals surface area contributed by atoms with E-state index in [1.165, 1.54) is 12.8 Å². The average Bonchev–Trinajstić information content (AvgIpc) is 2.79. The molecule has 2 aliphatic heterocycles. The number of amides is 1. The minimum Gasteiger partial charge on any atom is -0.497 e. The molecule has 0 aliphatic carbocycles. The summed E-state index contributed by atoms with van der Waals surface area (Å²) in [5, 5.41) is 8.92. The Labute approximate surface area is 172 Å². The Hall–Kier alpha value is -2.83. The molecule has 7 heteroatoms. The van der Waals surface area contributed by atoms with Crippen molar-refractivity contribution in [3.05, 3.63) is 42.0 Å². The van der Waals surface area contributed by atoms with Crippen molar-refractivity contribution in [2.45, 2.75) is 19.8 Å². The zero-order valence-corrected chi connectivity index (χ0v) is 17.3. The molecule has 3 heterocycles. The Bertz CT molecular complexity index is 825. The molecule has 4 rings (SSSR count). The van der Waals surface area contributed by atoms with E-state index in [1.807, 2.05) is 23.1 Å². The predicted molar refractivity (Wildman–Crippen MR) is 114 cm³/mol. The number of piperazine rings is 1. The number of rotatable bonds is 4. The lowest BCUT2D eigenvalue weighted by Crippen LogP contribution is -2.49. The first-order valence-corrected chi connectivity index (χ1v) is 10.4. The third-order valence-electron chi connectivity index (χ3n) is 5.95. The lowest BCUT2D eigenvalue weighted by molar-refractivity contribution is 0.0746. The Morgan fingerprint density at radius 1 is 0.931 bits per heavy atom. The van der Waals surface area contributed by atoms with Gasteiger partial charge in [0.2, 0.25) is 0 Å². The fourth-order valence-corrected chi connectivity index (χ4v) is 3.97. The van der Waals surface area contributed by atoms with Gasteiger partial charge in [0.1, 0.15) is 5.75 Å². The number of piperidine rings is 1. The molecule has 0 saturated carbocycles. The molecule has 2 aromatic rings. The number of anilines is 2. The standard InChI is InChI=1S/C22H29N5O2/c1-17-8-10-25(11-9-17)20-6-7-21(24-23-20)26-12-14-27(15-13-26)22(28)18-4-3-5-19(16-18)29-2/h3-7,16-17H,8-15H2,1-2H3. The Morgan fingerprint density at radius 2 is 1.55 bits per heavy atom. The minimum absolute atomic E-state index is 0.0457. The second-order valence-electron chi connectivity index (χ2n) is 7.93. The first-order valence-electron chi connectivity index (χ1n) is 10.4. The number of methoxy groups -OCH3 is 1. The van der Waals surface area contributed by atoms with Gasteiger partial charge >= 0.3 is 0 Å². The molecule has 7 nitrogen and oxygen atoms in total. The summed E-state index contributed by atoms with van der Waals surface area (Å²) in [6, 6.07) is 11.5. The van der Waals surface area contributed by atoms with Crippen LogP contribution in [0.2, 0.25) is 0 Å². The zero-order chi connectivity index (χ0) is 20.2. The minimum atomic E-state index is 0.0457. The summed E-state index contributed by atoms with van der Waals surface area (Å²) in [5.74, 6) is 3.40. The smallest absolute Gasteiger partial charge is 0.254 e. The van der Waals surface area contributed by atoms with Crippen LogP contribution >= 0.6 is 0 Å². The fourth-order valence-electron chi connectivity index (χ4n) is 3.97. The normalized spacial score (nSPS) is 18.1. The van der Waals surface area contributed by atoms with Crippen LogP contribution in [0.1, 0.15) is 30.1 Å². The van der Waals surface area contributed by atoms with Crippen molar-refractivity contribution in [3.63, 3.8) is 0 Å². The van der Waals surface area contributed by atoms with Crippen LogP contribution in [0.25, 0.3) is 0 Å². The van der Waals surface area contributed by atoms with Gasteiger partial charge in [0.15, 0.2) is 11.6 Å². The van der Waals surface area contributed by atoms with Crippen LogP contribution in [-0.4, -0.2) is 67.4 Å². The van der Waals surface area contributed by atoms with E-state index in [0.29, 0.717) is 24.4 Å². The highest BCUT2D eigenvalue weighted by Crippen LogP contribution is 2.23. The first kappa shape index (κ1) is 19.5. The van der Waals surface area contributed by atoms with Gasteiger partial charge in [0, 0.05) is 44.8 Å². The molecule has 0 atom stereocenters. The van der Waals surface area contributed by atoms with Crippen LogP contribution in [0.4, 0.5) is 11.6 Å². The van der Waals surface area contributed by atoms with Crippen LogP contribution in [0, 0.1) is 5.92 Å². The Balaban J connectivity index is 1.34. The second-order valence-corrected chi connectivity index (χ2v) is 7.93. The number of carbonyl (C=O) groups excluding carboxylic acids is 1. The van der Waals surface area contributed by atoms with Gasteiger partial charge in [-0.1, -0.05) is 13.0 Å². The number of ether oxygens (including phenoxy) is 1. The summed E-state index contributed by atoms with van der Waals surface area (Å²) >= 11 is 0. The van der Waals surface area contributed by atoms with E-state index in [1.54, 1.807) is 13.2 Å². The summed E-state index contributed by atoms with van der Waals surface area (Å²) in [7, 11) is 1.61. The van der Waals surface area contributed by atoms with Crippen molar-refractivity contribution < 1.29 is 9.53 Å². The van der Waals surface area contributed by atoms with Gasteiger partial charge in [0.05, 0.1) is 7.11 Å². The Morgan fingerprint density at radius 3 is 2.14 bits per heavy atom. The summed E-state index contributed by atoms with van der Waals surface area (Å²) < 4.78 is 5.23. The number of aromatic nitrogens is 2. The summed E-state index contributed by atoms with van der Waals surface area (Å²) in [4.78, 5) is 19.2. The quantitative estimate of drug-likeness (QED) is 0.793. The number of carbonyl (C=O) groups is 1. The van der Waals surface area contributed by atoms with Crippen molar-refractivity contribution in [3.8, 4) is 5.75 Å². The molecular formula is C22H29N5O2. The van der Waals surface area contributed by atoms with Gasteiger partial charge < -0.3 is 19.4 Å². The monoisotopic (exact) mass is 395 g/mol. The molecule has 29 heavy (non-hydrogen) atoms. The predicted octanol–water partition coefficient (Wildman–Crippen LogP) is 2.68. The molecule has 1 amide bonds. The van der Waals surface area contributed by atoms with Crippen molar-refractivity contribution >= 4 is 17.5 Å². The molecule has 1 aromatic carbocycles. The summed E-state index contributed by atoms with van der Waals surface area (Å²) in [6.07, 6.45) is 2.43. The second kappa shape index (κ2) is 8.68. The fraction of sp³-hybridized carbons (Fsp3) is 0.500. The van der Waals surface area contributed by atoms with Gasteiger partial charge in [-0.15, -0.1) is 10.2 Å². The molecule has 0 unspecified atom stereocenters. The number of hydrogen-bond donors (Lipinski definition) is 0. The van der Waals surface area contributed by atoms with Gasteiger partial charge in [-0.3, -0.25) is 4.79 Å². The molecule has 2 saturated heterocycles. The van der Waals surface area contributed by atoms with E-state index in [0.717, 1.165) is 43.7 Å². The number of hydrogen-bond acceptors (Lipinski definition) is 6. The van der Waals surface area contributed by atoms with Crippen molar-refractivity contribution in [1.29, 1.82) is 0 Å². The maximum atomic E-state index is 12.8. The van der Waals surface area contributed by atoms with E-state index in [9.17, 15) is 4.79 Å². The van der Waals surface area contributed by atoms with Crippen LogP contribution < -0.4 is 14.5 Å². The van der Waals surface area contributed by atoms with E-state index in [-0.39, 0.29) is 5.91 Å². The number of nitrogens with zero attached hydrogens (tertiary/aromatic N) is 5. The van der Waals surface area contributed by atoms with E-state index >= 15 is 0 Å². The van der Waals surface area contributed by atoms with Crippen LogP contribution in [-0.2, 0) is 0 Å². The highest BCUT2D eigenvalue weighted by molar-refractivity contribution is 5.94. The third kappa shape index (κ3) is 4.44. The molecule has 0 radical (unpaired) electrons. The van der Waals surface area contributed by atoms with Gasteiger partial charge in [0.25, 0.3) is 5.91 Å². The maximum absolute atomic E-state index is 12.8. The van der Waals surface area contributed by atoms with E-state index in [2.05, 4.69) is 39.1 Å². The first-order chi connectivity index (χ1) is 14.1. The molecule has 2 aliphatic rings. The Kier molecular flexibility index (Phi) is 5.83. The van der Waals surface area contributed by atoms with Crippen LogP contribution in [0.5, 0.6) is 5.75 Å². The van der Waals surface area contributed by atoms with Gasteiger partial charge in [-0.2, -0.15) is 0 Å². The summed E-state index contributed by atoms with van der Waals surface area (Å²) in [6.45, 7) is 7.27. The molecule has 1 aromatic heterocycles. The van der Waals surface area contributed by atoms with E-state index in [4.69, 9.17) is 4.74 Å². The largest absolute Gasteiger partial charge is 0.497 e. The molecule has 0 bridgehead atoms. The zero-order valence-electron chi connectivity index (χ0n) is 17.3. The molecule has 0 N–H and O–H groups in total. The lowest BCUT2D eigenvalue weighted by atomic mass is 9.99. The molecule has 2 fully saturated rings. The summed E-state index contributed by atoms with van der Waals surface area (Å²) in [5.41, 5.74) is 0.665. The van der Waals surface area contributed by atoms with Crippen LogP contribution in [0.3, 0.4) is 0 Å². The van der Waals surface area contributed by atoms with Gasteiger partial charge in [-0.05, 0) is 49.1 Å². The molecule has 0 spiro atoms.